The fourth-order valence-corrected chi connectivity index (χ4v) is 2.29. The Kier molecular flexibility index (Phi) is 5.42. The summed E-state index contributed by atoms with van der Waals surface area (Å²) in [7, 11) is 0. The number of aromatic nitrogens is 2. The van der Waals surface area contributed by atoms with Crippen LogP contribution in [0.1, 0.15) is 21.2 Å². The highest BCUT2D eigenvalue weighted by molar-refractivity contribution is 9.10. The Hall–Kier alpha value is -3.01. The highest BCUT2D eigenvalue weighted by atomic mass is 79.9. The molecule has 0 atom stereocenters. The van der Waals surface area contributed by atoms with Crippen LogP contribution in [0.4, 0.5) is 4.39 Å². The van der Waals surface area contributed by atoms with Gasteiger partial charge in [-0.1, -0.05) is 5.16 Å². The van der Waals surface area contributed by atoms with Gasteiger partial charge < -0.3 is 19.6 Å². The summed E-state index contributed by atoms with van der Waals surface area (Å²) in [6.07, 6.45) is 0. The van der Waals surface area contributed by atoms with Gasteiger partial charge >= 0.3 is 11.8 Å². The molecule has 8 nitrogen and oxygen atoms in total. The number of nitrogens with zero attached hydrogens (tertiary/aromatic N) is 2. The Bertz CT molecular complexity index is 922. The van der Waals surface area contributed by atoms with Gasteiger partial charge in [-0.15, -0.1) is 0 Å². The third-order valence-corrected chi connectivity index (χ3v) is 3.64. The van der Waals surface area contributed by atoms with E-state index in [0.29, 0.717) is 10.2 Å². The normalized spacial score (nSPS) is 10.5. The Morgan fingerprint density at radius 2 is 1.73 bits per heavy atom. The second kappa shape index (κ2) is 7.91. The van der Waals surface area contributed by atoms with Crippen LogP contribution in [-0.2, 0) is 0 Å². The zero-order valence-corrected chi connectivity index (χ0v) is 14.7. The largest absolute Gasteiger partial charge is 0.444 e. The lowest BCUT2D eigenvalue weighted by Crippen LogP contribution is -2.34. The second-order valence-corrected chi connectivity index (χ2v) is 5.83. The van der Waals surface area contributed by atoms with Gasteiger partial charge in [0.25, 0.3) is 5.91 Å². The van der Waals surface area contributed by atoms with Crippen LogP contribution < -0.4 is 10.6 Å². The highest BCUT2D eigenvalue weighted by Crippen LogP contribution is 2.16. The van der Waals surface area contributed by atoms with Crippen LogP contribution in [0.15, 0.2) is 50.0 Å². The van der Waals surface area contributed by atoms with E-state index < -0.39 is 11.8 Å². The van der Waals surface area contributed by atoms with E-state index in [-0.39, 0.29) is 36.4 Å². The quantitative estimate of drug-likeness (QED) is 0.590. The van der Waals surface area contributed by atoms with E-state index in [1.54, 1.807) is 6.07 Å². The van der Waals surface area contributed by atoms with E-state index in [1.807, 2.05) is 0 Å². The Labute approximate surface area is 154 Å². The van der Waals surface area contributed by atoms with Crippen LogP contribution in [0.2, 0.25) is 0 Å². The van der Waals surface area contributed by atoms with Crippen LogP contribution in [0.3, 0.4) is 0 Å². The van der Waals surface area contributed by atoms with Crippen LogP contribution in [0, 0.1) is 5.82 Å². The summed E-state index contributed by atoms with van der Waals surface area (Å²) in [5, 5.41) is 8.80. The SMILES string of the molecule is O=C(NCCNC(=O)c1nc(-c2ccc(F)cc2)no1)c1ccc(Br)o1. The molecule has 0 aliphatic heterocycles. The van der Waals surface area contributed by atoms with E-state index in [4.69, 9.17) is 8.94 Å². The highest BCUT2D eigenvalue weighted by Gasteiger charge is 2.16. The van der Waals surface area contributed by atoms with Crippen molar-refractivity contribution in [1.82, 2.24) is 20.8 Å². The van der Waals surface area contributed by atoms with Crippen molar-refractivity contribution >= 4 is 27.7 Å². The molecular formula is C16H12BrFN4O4. The fourth-order valence-electron chi connectivity index (χ4n) is 1.98. The molecule has 0 aliphatic carbocycles. The number of hydrogen-bond donors (Lipinski definition) is 2. The third-order valence-electron chi connectivity index (χ3n) is 3.22. The first-order valence-corrected chi connectivity index (χ1v) is 8.23. The average molecular weight is 423 g/mol. The molecule has 2 amide bonds. The van der Waals surface area contributed by atoms with Crippen molar-refractivity contribution < 1.29 is 22.9 Å². The molecule has 3 aromatic rings. The zero-order chi connectivity index (χ0) is 18.5. The lowest BCUT2D eigenvalue weighted by Gasteiger charge is -2.03. The van der Waals surface area contributed by atoms with E-state index in [9.17, 15) is 14.0 Å². The summed E-state index contributed by atoms with van der Waals surface area (Å²) < 4.78 is 23.3. The number of benzene rings is 1. The number of furan rings is 1. The monoisotopic (exact) mass is 422 g/mol. The molecule has 0 unspecified atom stereocenters. The molecule has 2 aromatic heterocycles. The number of halogens is 2. The van der Waals surface area contributed by atoms with Crippen LogP contribution in [0.5, 0.6) is 0 Å². The second-order valence-electron chi connectivity index (χ2n) is 5.05. The first-order valence-electron chi connectivity index (χ1n) is 7.44. The predicted octanol–water partition coefficient (Wildman–Crippen LogP) is 2.39. The summed E-state index contributed by atoms with van der Waals surface area (Å²) in [6, 6.07) is 8.59. The minimum absolute atomic E-state index is 0.153. The number of hydrogen-bond acceptors (Lipinski definition) is 6. The van der Waals surface area contributed by atoms with E-state index in [0.717, 1.165) is 0 Å². The van der Waals surface area contributed by atoms with Crippen molar-refractivity contribution in [2.24, 2.45) is 0 Å². The van der Waals surface area contributed by atoms with Gasteiger partial charge in [-0.2, -0.15) is 4.98 Å². The minimum Gasteiger partial charge on any atom is -0.444 e. The summed E-state index contributed by atoms with van der Waals surface area (Å²) in [6.45, 7) is 0.336. The number of carbonyl (C=O) groups excluding carboxylic acids is 2. The maximum absolute atomic E-state index is 12.9. The van der Waals surface area contributed by atoms with Crippen LogP contribution >= 0.6 is 15.9 Å². The van der Waals surface area contributed by atoms with Gasteiger partial charge in [0.05, 0.1) is 0 Å². The predicted molar refractivity (Wildman–Crippen MR) is 90.8 cm³/mol. The van der Waals surface area contributed by atoms with E-state index in [2.05, 4.69) is 36.7 Å². The Morgan fingerprint density at radius 1 is 1.04 bits per heavy atom. The molecule has 0 aliphatic rings. The lowest BCUT2D eigenvalue weighted by atomic mass is 10.2. The number of carbonyl (C=O) groups is 2. The van der Waals surface area contributed by atoms with Crippen molar-refractivity contribution in [2.45, 2.75) is 0 Å². The molecule has 0 spiro atoms. The average Bonchev–Trinajstić information content (AvgIpc) is 3.28. The maximum atomic E-state index is 12.9. The van der Waals surface area contributed by atoms with Gasteiger partial charge in [-0.25, -0.2) is 4.39 Å². The molecular weight excluding hydrogens is 411 g/mol. The first-order chi connectivity index (χ1) is 12.5. The van der Waals surface area contributed by atoms with Gasteiger partial charge in [-0.05, 0) is 52.3 Å². The van der Waals surface area contributed by atoms with E-state index >= 15 is 0 Å². The summed E-state index contributed by atoms with van der Waals surface area (Å²) in [5.74, 6) is -1.28. The molecule has 0 saturated heterocycles. The van der Waals surface area contributed by atoms with Crippen molar-refractivity contribution in [1.29, 1.82) is 0 Å². The fraction of sp³-hybridized carbons (Fsp3) is 0.125. The molecule has 26 heavy (non-hydrogen) atoms. The zero-order valence-electron chi connectivity index (χ0n) is 13.2. The van der Waals surface area contributed by atoms with Gasteiger partial charge in [-0.3, -0.25) is 9.59 Å². The van der Waals surface area contributed by atoms with Crippen molar-refractivity contribution in [2.75, 3.05) is 13.1 Å². The van der Waals surface area contributed by atoms with Gasteiger partial charge in [0, 0.05) is 18.7 Å². The Morgan fingerprint density at radius 3 is 2.38 bits per heavy atom. The molecule has 2 heterocycles. The molecule has 0 radical (unpaired) electrons. The standard InChI is InChI=1S/C16H12BrFN4O4/c17-12-6-5-11(25-12)14(23)19-7-8-20-15(24)16-21-13(22-26-16)9-1-3-10(18)4-2-9/h1-6H,7-8H2,(H,19,23)(H,20,24). The summed E-state index contributed by atoms with van der Waals surface area (Å²) in [5.41, 5.74) is 0.520. The van der Waals surface area contributed by atoms with Gasteiger partial charge in [0.1, 0.15) is 5.82 Å². The van der Waals surface area contributed by atoms with Crippen molar-refractivity contribution in [3.05, 3.63) is 58.5 Å². The van der Waals surface area contributed by atoms with Crippen molar-refractivity contribution in [3.8, 4) is 11.4 Å². The minimum atomic E-state index is -0.583. The maximum Gasteiger partial charge on any atom is 0.316 e. The molecule has 3 rings (SSSR count). The summed E-state index contributed by atoms with van der Waals surface area (Å²) in [4.78, 5) is 27.7. The van der Waals surface area contributed by atoms with Gasteiger partial charge in [0.2, 0.25) is 5.82 Å². The van der Waals surface area contributed by atoms with Crippen molar-refractivity contribution in [3.63, 3.8) is 0 Å². The molecule has 0 saturated carbocycles. The molecule has 10 heteroatoms. The van der Waals surface area contributed by atoms with Crippen LogP contribution in [-0.4, -0.2) is 35.0 Å². The Balaban J connectivity index is 1.48. The van der Waals surface area contributed by atoms with Gasteiger partial charge in [0.15, 0.2) is 10.4 Å². The van der Waals surface area contributed by atoms with Crippen LogP contribution in [0.25, 0.3) is 11.4 Å². The summed E-state index contributed by atoms with van der Waals surface area (Å²) >= 11 is 3.10. The number of rotatable bonds is 6. The molecule has 0 bridgehead atoms. The molecule has 0 fully saturated rings. The smallest absolute Gasteiger partial charge is 0.316 e. The molecule has 2 N–H and O–H groups in total. The number of amides is 2. The lowest BCUT2D eigenvalue weighted by molar-refractivity contribution is 0.0890. The first kappa shape index (κ1) is 17.8. The third kappa shape index (κ3) is 4.33. The molecule has 134 valence electrons. The molecule has 1 aromatic carbocycles. The number of nitrogens with one attached hydrogen (secondary N) is 2. The topological polar surface area (TPSA) is 110 Å². The van der Waals surface area contributed by atoms with E-state index in [1.165, 1.54) is 30.3 Å².